The average Bonchev–Trinajstić information content (AvgIpc) is 3.51. The monoisotopic (exact) mass is 586 g/mol. The minimum atomic E-state index is -1.10. The summed E-state index contributed by atoms with van der Waals surface area (Å²) in [5, 5.41) is 13.2. The Kier molecular flexibility index (Phi) is 11.2. The molecule has 8 nitrogen and oxygen atoms in total. The summed E-state index contributed by atoms with van der Waals surface area (Å²) in [6.45, 7) is 6.94. The van der Waals surface area contributed by atoms with E-state index in [0.29, 0.717) is 10.7 Å². The fraction of sp³-hybridized carbons (Fsp3) is 0.364. The van der Waals surface area contributed by atoms with Crippen LogP contribution in [0.15, 0.2) is 67.1 Å². The highest BCUT2D eigenvalue weighted by molar-refractivity contribution is 7.13. The van der Waals surface area contributed by atoms with Crippen molar-refractivity contribution in [3.05, 3.63) is 82.6 Å². The number of hydrogen-bond acceptors (Lipinski definition) is 7. The highest BCUT2D eigenvalue weighted by Crippen LogP contribution is 2.24. The van der Waals surface area contributed by atoms with Gasteiger partial charge >= 0.3 is 5.97 Å². The second-order valence-electron chi connectivity index (χ2n) is 10.6. The number of carboxylic acids is 1. The normalized spacial score (nSPS) is 11.8. The molecule has 2 heterocycles. The minimum absolute atomic E-state index is 0.148. The highest BCUT2D eigenvalue weighted by atomic mass is 32.1. The van der Waals surface area contributed by atoms with Crippen molar-refractivity contribution in [2.45, 2.75) is 71.3 Å². The maximum Gasteiger partial charge on any atom is 0.326 e. The Morgan fingerprint density at radius 3 is 2.14 bits per heavy atom. The number of nitrogens with zero attached hydrogens (tertiary/aromatic N) is 3. The molecule has 0 aliphatic rings. The molecule has 0 fully saturated rings. The number of aromatic nitrogens is 3. The van der Waals surface area contributed by atoms with E-state index in [1.807, 2.05) is 62.4 Å². The lowest BCUT2D eigenvalue weighted by molar-refractivity contribution is -0.139. The summed E-state index contributed by atoms with van der Waals surface area (Å²) in [6, 6.07) is 14.3. The molecule has 4 aromatic rings. The first-order chi connectivity index (χ1) is 20.3. The minimum Gasteiger partial charge on any atom is -0.494 e. The topological polar surface area (TPSA) is 114 Å². The molecule has 0 aliphatic heterocycles. The fourth-order valence-electron chi connectivity index (χ4n) is 4.38. The Morgan fingerprint density at radius 2 is 1.52 bits per heavy atom. The van der Waals surface area contributed by atoms with Gasteiger partial charge in [-0.3, -0.25) is 4.79 Å². The summed E-state index contributed by atoms with van der Waals surface area (Å²) in [5.41, 5.74) is 3.50. The van der Waals surface area contributed by atoms with Gasteiger partial charge in [0.15, 0.2) is 5.82 Å². The number of unbranched alkanes of at least 4 members (excludes halogenated alkanes) is 4. The first kappa shape index (κ1) is 30.8. The molecule has 1 unspecified atom stereocenters. The van der Waals surface area contributed by atoms with Crippen molar-refractivity contribution >= 4 is 23.2 Å². The molecule has 2 aromatic carbocycles. The third kappa shape index (κ3) is 8.69. The van der Waals surface area contributed by atoms with E-state index in [2.05, 4.69) is 27.2 Å². The second kappa shape index (κ2) is 15.2. The van der Waals surface area contributed by atoms with E-state index in [9.17, 15) is 14.7 Å². The summed E-state index contributed by atoms with van der Waals surface area (Å²) < 4.78 is 5.86. The predicted molar refractivity (Wildman–Crippen MR) is 166 cm³/mol. The molecule has 0 spiro atoms. The van der Waals surface area contributed by atoms with E-state index in [1.165, 1.54) is 43.2 Å². The molecule has 9 heteroatoms. The number of aliphatic carboxylic acids is 1. The van der Waals surface area contributed by atoms with Crippen LogP contribution in [-0.4, -0.2) is 44.6 Å². The third-order valence-corrected chi connectivity index (χ3v) is 8.15. The predicted octanol–water partition coefficient (Wildman–Crippen LogP) is 7.17. The van der Waals surface area contributed by atoms with Crippen LogP contribution in [0.4, 0.5) is 0 Å². The lowest BCUT2D eigenvalue weighted by Gasteiger charge is -2.14. The number of nitrogens with one attached hydrogen (secondary N) is 1. The van der Waals surface area contributed by atoms with E-state index in [4.69, 9.17) is 4.74 Å². The summed E-state index contributed by atoms with van der Waals surface area (Å²) in [7, 11) is 0. The molecule has 0 saturated heterocycles. The average molecular weight is 587 g/mol. The van der Waals surface area contributed by atoms with Crippen molar-refractivity contribution in [2.75, 3.05) is 6.61 Å². The Bertz CT molecular complexity index is 1430. The summed E-state index contributed by atoms with van der Waals surface area (Å²) >= 11 is 1.28. The quantitative estimate of drug-likeness (QED) is 0.142. The second-order valence-corrected chi connectivity index (χ2v) is 11.6. The lowest BCUT2D eigenvalue weighted by atomic mass is 10.0. The molecule has 4 rings (SSSR count). The smallest absolute Gasteiger partial charge is 0.326 e. The number of rotatable bonds is 15. The summed E-state index contributed by atoms with van der Waals surface area (Å²) in [4.78, 5) is 38.2. The van der Waals surface area contributed by atoms with Crippen LogP contribution >= 0.6 is 11.3 Å². The van der Waals surface area contributed by atoms with Gasteiger partial charge in [0.25, 0.3) is 5.91 Å². The van der Waals surface area contributed by atoms with Crippen molar-refractivity contribution < 1.29 is 19.4 Å². The van der Waals surface area contributed by atoms with Crippen molar-refractivity contribution in [1.82, 2.24) is 20.3 Å². The maximum absolute atomic E-state index is 12.6. The number of carboxylic acid groups (broad SMARTS) is 1. The number of benzene rings is 2. The molecule has 2 N–H and O–H groups in total. The van der Waals surface area contributed by atoms with Crippen LogP contribution in [0.25, 0.3) is 22.5 Å². The van der Waals surface area contributed by atoms with Crippen LogP contribution in [0.5, 0.6) is 5.75 Å². The number of carbonyl (C=O) groups excluding carboxylic acids is 1. The number of ether oxygens (including phenoxy) is 1. The van der Waals surface area contributed by atoms with Gasteiger partial charge in [0, 0.05) is 35.9 Å². The first-order valence-corrected chi connectivity index (χ1v) is 15.3. The van der Waals surface area contributed by atoms with Gasteiger partial charge in [-0.15, -0.1) is 11.3 Å². The molecule has 1 atom stereocenters. The number of amides is 1. The standard InChI is InChI=1S/C33H38N4O4S/c1-4-5-6-7-8-17-41-27-15-13-24(14-16-27)26-19-34-30(35-20-26)25-11-9-23(10-12-25)18-28(33(39)40)37-31(38)29-21-36-32(42-29)22(2)3/h9-16,19-22,28H,4-8,17-18H2,1-3H3,(H,37,38)(H,39,40). The Hall–Kier alpha value is -4.11. The Morgan fingerprint density at radius 1 is 0.857 bits per heavy atom. The van der Waals surface area contributed by atoms with E-state index >= 15 is 0 Å². The van der Waals surface area contributed by atoms with Crippen LogP contribution < -0.4 is 10.1 Å². The molecular formula is C33H38N4O4S. The largest absolute Gasteiger partial charge is 0.494 e. The van der Waals surface area contributed by atoms with Gasteiger partial charge < -0.3 is 15.2 Å². The van der Waals surface area contributed by atoms with Gasteiger partial charge in [-0.05, 0) is 29.7 Å². The van der Waals surface area contributed by atoms with Crippen molar-refractivity contribution in [3.8, 4) is 28.3 Å². The SMILES string of the molecule is CCCCCCCOc1ccc(-c2cnc(-c3ccc(CC(NC(=O)c4cnc(C(C)C)s4)C(=O)O)cc3)nc2)cc1. The first-order valence-electron chi connectivity index (χ1n) is 14.5. The zero-order chi connectivity index (χ0) is 29.9. The van der Waals surface area contributed by atoms with Crippen LogP contribution in [0.1, 0.15) is 79.0 Å². The number of hydrogen-bond donors (Lipinski definition) is 2. The highest BCUT2D eigenvalue weighted by Gasteiger charge is 2.23. The molecule has 2 aromatic heterocycles. The molecule has 0 radical (unpaired) electrons. The summed E-state index contributed by atoms with van der Waals surface area (Å²) in [6.07, 6.45) is 11.3. The Balaban J connectivity index is 1.32. The van der Waals surface area contributed by atoms with Crippen LogP contribution in [-0.2, 0) is 11.2 Å². The van der Waals surface area contributed by atoms with E-state index in [-0.39, 0.29) is 12.3 Å². The molecule has 220 valence electrons. The van der Waals surface area contributed by atoms with Gasteiger partial charge in [0.05, 0.1) is 17.8 Å². The fourth-order valence-corrected chi connectivity index (χ4v) is 5.20. The van der Waals surface area contributed by atoms with E-state index < -0.39 is 17.9 Å². The molecule has 0 aliphatic carbocycles. The third-order valence-electron chi connectivity index (χ3n) is 6.85. The lowest BCUT2D eigenvalue weighted by Crippen LogP contribution is -2.42. The van der Waals surface area contributed by atoms with Crippen LogP contribution in [0, 0.1) is 0 Å². The van der Waals surface area contributed by atoms with E-state index in [0.717, 1.165) is 46.0 Å². The van der Waals surface area contributed by atoms with Gasteiger partial charge in [-0.1, -0.05) is 82.9 Å². The molecular weight excluding hydrogens is 548 g/mol. The Labute approximate surface area is 251 Å². The maximum atomic E-state index is 12.6. The van der Waals surface area contributed by atoms with Gasteiger partial charge in [-0.25, -0.2) is 19.7 Å². The van der Waals surface area contributed by atoms with Crippen LogP contribution in [0.3, 0.4) is 0 Å². The van der Waals surface area contributed by atoms with Gasteiger partial charge in [-0.2, -0.15) is 0 Å². The van der Waals surface area contributed by atoms with Crippen molar-refractivity contribution in [2.24, 2.45) is 0 Å². The van der Waals surface area contributed by atoms with Crippen LogP contribution in [0.2, 0.25) is 0 Å². The molecule has 0 saturated carbocycles. The number of thiazole rings is 1. The number of carbonyl (C=O) groups is 2. The molecule has 0 bridgehead atoms. The molecule has 1 amide bonds. The van der Waals surface area contributed by atoms with Gasteiger partial charge in [0.1, 0.15) is 16.7 Å². The molecule has 42 heavy (non-hydrogen) atoms. The van der Waals surface area contributed by atoms with E-state index in [1.54, 1.807) is 12.4 Å². The zero-order valence-corrected chi connectivity index (χ0v) is 25.2. The summed E-state index contributed by atoms with van der Waals surface area (Å²) in [5.74, 6) is 0.105. The van der Waals surface area contributed by atoms with Crippen molar-refractivity contribution in [1.29, 1.82) is 0 Å². The van der Waals surface area contributed by atoms with Gasteiger partial charge in [0.2, 0.25) is 0 Å². The van der Waals surface area contributed by atoms with Crippen molar-refractivity contribution in [3.63, 3.8) is 0 Å². The zero-order valence-electron chi connectivity index (χ0n) is 24.4.